The maximum atomic E-state index is 12.0. The second-order valence-electron chi connectivity index (χ2n) is 4.86. The van der Waals surface area contributed by atoms with Crippen LogP contribution in [0.2, 0.25) is 0 Å². The van der Waals surface area contributed by atoms with E-state index in [9.17, 15) is 8.42 Å². The Labute approximate surface area is 114 Å². The number of sulfonamides is 1. The first-order valence-corrected chi connectivity index (χ1v) is 8.04. The molecule has 2 N–H and O–H groups in total. The second kappa shape index (κ2) is 5.79. The van der Waals surface area contributed by atoms with Gasteiger partial charge in [-0.05, 0) is 50.1 Å². The third kappa shape index (κ3) is 3.84. The highest BCUT2D eigenvalue weighted by Crippen LogP contribution is 2.22. The van der Waals surface area contributed by atoms with E-state index in [2.05, 4.69) is 10.0 Å². The molecule has 1 aliphatic rings. The maximum absolute atomic E-state index is 12.0. The molecule has 0 amide bonds. The van der Waals surface area contributed by atoms with E-state index in [0.717, 1.165) is 30.7 Å². The minimum Gasteiger partial charge on any atom is -0.496 e. The van der Waals surface area contributed by atoms with E-state index in [0.29, 0.717) is 5.69 Å². The van der Waals surface area contributed by atoms with Crippen molar-refractivity contribution in [3.63, 3.8) is 0 Å². The average Bonchev–Trinajstić information content (AvgIpc) is 2.80. The predicted molar refractivity (Wildman–Crippen MR) is 76.2 cm³/mol. The Morgan fingerprint density at radius 1 is 1.47 bits per heavy atom. The Morgan fingerprint density at radius 3 is 2.84 bits per heavy atom. The monoisotopic (exact) mass is 284 g/mol. The van der Waals surface area contributed by atoms with Crippen LogP contribution in [-0.2, 0) is 10.0 Å². The number of hydrogen-bond donors (Lipinski definition) is 2. The molecule has 6 heteroatoms. The van der Waals surface area contributed by atoms with Crippen LogP contribution in [0.3, 0.4) is 0 Å². The van der Waals surface area contributed by atoms with Crippen molar-refractivity contribution in [2.24, 2.45) is 0 Å². The van der Waals surface area contributed by atoms with Crippen LogP contribution in [0, 0.1) is 6.92 Å². The molecular weight excluding hydrogens is 264 g/mol. The van der Waals surface area contributed by atoms with E-state index in [1.54, 1.807) is 25.3 Å². The van der Waals surface area contributed by atoms with Crippen LogP contribution in [-0.4, -0.2) is 33.9 Å². The molecule has 1 saturated heterocycles. The number of aryl methyl sites for hydroxylation is 1. The van der Waals surface area contributed by atoms with Crippen molar-refractivity contribution in [2.75, 3.05) is 24.1 Å². The fourth-order valence-electron chi connectivity index (χ4n) is 2.33. The number of methoxy groups -OCH3 is 1. The summed E-state index contributed by atoms with van der Waals surface area (Å²) in [5, 5.41) is 3.19. The van der Waals surface area contributed by atoms with Crippen LogP contribution in [0.5, 0.6) is 5.75 Å². The van der Waals surface area contributed by atoms with E-state index in [1.165, 1.54) is 0 Å². The summed E-state index contributed by atoms with van der Waals surface area (Å²) < 4.78 is 31.8. The average molecular weight is 284 g/mol. The lowest BCUT2D eigenvalue weighted by atomic mass is 10.2. The van der Waals surface area contributed by atoms with Gasteiger partial charge in [-0.3, -0.25) is 4.72 Å². The molecule has 0 radical (unpaired) electrons. The molecule has 1 atom stereocenters. The van der Waals surface area contributed by atoms with Gasteiger partial charge >= 0.3 is 0 Å². The Balaban J connectivity index is 2.04. The van der Waals surface area contributed by atoms with Gasteiger partial charge in [0.1, 0.15) is 5.75 Å². The van der Waals surface area contributed by atoms with Gasteiger partial charge in [-0.1, -0.05) is 0 Å². The zero-order valence-electron chi connectivity index (χ0n) is 11.3. The van der Waals surface area contributed by atoms with Crippen molar-refractivity contribution >= 4 is 15.7 Å². The van der Waals surface area contributed by atoms with E-state index in [-0.39, 0.29) is 11.8 Å². The molecule has 2 rings (SSSR count). The van der Waals surface area contributed by atoms with Gasteiger partial charge in [-0.25, -0.2) is 8.42 Å². The van der Waals surface area contributed by atoms with Gasteiger partial charge in [-0.15, -0.1) is 0 Å². The summed E-state index contributed by atoms with van der Waals surface area (Å²) in [6.45, 7) is 2.79. The van der Waals surface area contributed by atoms with Crippen LogP contribution < -0.4 is 14.8 Å². The zero-order valence-corrected chi connectivity index (χ0v) is 12.1. The van der Waals surface area contributed by atoms with Crippen LogP contribution in [0.1, 0.15) is 18.4 Å². The first-order valence-electron chi connectivity index (χ1n) is 6.39. The molecular formula is C13H20N2O3S. The number of rotatable bonds is 5. The molecule has 0 bridgehead atoms. The molecule has 0 spiro atoms. The molecule has 0 aliphatic carbocycles. The summed E-state index contributed by atoms with van der Waals surface area (Å²) in [5.74, 6) is 0.873. The fraction of sp³-hybridized carbons (Fsp3) is 0.538. The normalized spacial score (nSPS) is 19.4. The molecule has 0 aromatic heterocycles. The molecule has 106 valence electrons. The first-order chi connectivity index (χ1) is 9.00. The fourth-order valence-corrected chi connectivity index (χ4v) is 3.71. The third-order valence-electron chi connectivity index (χ3n) is 3.25. The highest BCUT2D eigenvalue weighted by Gasteiger charge is 2.22. The lowest BCUT2D eigenvalue weighted by Crippen LogP contribution is -2.32. The van der Waals surface area contributed by atoms with E-state index in [1.807, 2.05) is 6.92 Å². The van der Waals surface area contributed by atoms with Crippen LogP contribution >= 0.6 is 0 Å². The van der Waals surface area contributed by atoms with Gasteiger partial charge < -0.3 is 10.1 Å². The Bertz CT molecular complexity index is 537. The number of benzene rings is 1. The molecule has 1 fully saturated rings. The molecule has 19 heavy (non-hydrogen) atoms. The number of hydrogen-bond acceptors (Lipinski definition) is 4. The second-order valence-corrected chi connectivity index (χ2v) is 6.63. The highest BCUT2D eigenvalue weighted by molar-refractivity contribution is 7.92. The van der Waals surface area contributed by atoms with Crippen molar-refractivity contribution in [1.29, 1.82) is 0 Å². The Hall–Kier alpha value is -1.27. The minimum absolute atomic E-state index is 0.0665. The van der Waals surface area contributed by atoms with Gasteiger partial charge in [0.25, 0.3) is 0 Å². The number of anilines is 1. The van der Waals surface area contributed by atoms with Gasteiger partial charge in [-0.2, -0.15) is 0 Å². The number of ether oxygens (including phenoxy) is 1. The SMILES string of the molecule is COc1ccc(NS(=O)(=O)CC2CCCN2)cc1C. The lowest BCUT2D eigenvalue weighted by Gasteiger charge is -2.13. The summed E-state index contributed by atoms with van der Waals surface area (Å²) in [7, 11) is -1.71. The summed E-state index contributed by atoms with van der Waals surface area (Å²) in [6, 6.07) is 5.32. The summed E-state index contributed by atoms with van der Waals surface area (Å²) >= 11 is 0. The largest absolute Gasteiger partial charge is 0.496 e. The van der Waals surface area contributed by atoms with Gasteiger partial charge in [0.15, 0.2) is 0 Å². The molecule has 5 nitrogen and oxygen atoms in total. The van der Waals surface area contributed by atoms with Crippen molar-refractivity contribution in [2.45, 2.75) is 25.8 Å². The summed E-state index contributed by atoms with van der Waals surface area (Å²) in [4.78, 5) is 0. The van der Waals surface area contributed by atoms with E-state index >= 15 is 0 Å². The summed E-state index contributed by atoms with van der Waals surface area (Å²) in [6.07, 6.45) is 1.96. The van der Waals surface area contributed by atoms with Gasteiger partial charge in [0, 0.05) is 11.7 Å². The Morgan fingerprint density at radius 2 is 2.26 bits per heavy atom. The highest BCUT2D eigenvalue weighted by atomic mass is 32.2. The van der Waals surface area contributed by atoms with Gasteiger partial charge in [0.2, 0.25) is 10.0 Å². The first kappa shape index (κ1) is 14.1. The minimum atomic E-state index is -3.31. The Kier molecular flexibility index (Phi) is 4.31. The molecule has 1 unspecified atom stereocenters. The van der Waals surface area contributed by atoms with Crippen LogP contribution in [0.15, 0.2) is 18.2 Å². The van der Waals surface area contributed by atoms with E-state index in [4.69, 9.17) is 4.74 Å². The van der Waals surface area contributed by atoms with Gasteiger partial charge in [0.05, 0.1) is 12.9 Å². The lowest BCUT2D eigenvalue weighted by molar-refractivity contribution is 0.412. The summed E-state index contributed by atoms with van der Waals surface area (Å²) in [5.41, 5.74) is 1.48. The standard InChI is InChI=1S/C13H20N2O3S/c1-10-8-11(5-6-13(10)18-2)15-19(16,17)9-12-4-3-7-14-12/h5-6,8,12,14-15H,3-4,7,9H2,1-2H3. The zero-order chi connectivity index (χ0) is 13.9. The van der Waals surface area contributed by atoms with Crippen molar-refractivity contribution in [1.82, 2.24) is 5.32 Å². The van der Waals surface area contributed by atoms with Crippen molar-refractivity contribution < 1.29 is 13.2 Å². The van der Waals surface area contributed by atoms with Crippen molar-refractivity contribution in [3.05, 3.63) is 23.8 Å². The number of nitrogens with one attached hydrogen (secondary N) is 2. The van der Waals surface area contributed by atoms with Crippen LogP contribution in [0.4, 0.5) is 5.69 Å². The molecule has 1 aromatic carbocycles. The molecule has 1 heterocycles. The van der Waals surface area contributed by atoms with Crippen molar-refractivity contribution in [3.8, 4) is 5.75 Å². The van der Waals surface area contributed by atoms with Crippen LogP contribution in [0.25, 0.3) is 0 Å². The molecule has 1 aliphatic heterocycles. The molecule has 0 saturated carbocycles. The quantitative estimate of drug-likeness (QED) is 0.860. The smallest absolute Gasteiger partial charge is 0.234 e. The van der Waals surface area contributed by atoms with E-state index < -0.39 is 10.0 Å². The maximum Gasteiger partial charge on any atom is 0.234 e. The predicted octanol–water partition coefficient (Wildman–Crippen LogP) is 1.50. The third-order valence-corrected chi connectivity index (χ3v) is 4.64. The topological polar surface area (TPSA) is 67.4 Å². The molecule has 1 aromatic rings.